The number of hydrogen-bond acceptors (Lipinski definition) is 2. The summed E-state index contributed by atoms with van der Waals surface area (Å²) < 4.78 is 0. The highest BCUT2D eigenvalue weighted by Gasteiger charge is 2.07. The van der Waals surface area contributed by atoms with E-state index in [4.69, 9.17) is 5.26 Å². The van der Waals surface area contributed by atoms with Crippen LogP contribution in [-0.4, -0.2) is 12.6 Å². The van der Waals surface area contributed by atoms with Crippen molar-refractivity contribution in [3.05, 3.63) is 0 Å². The molecule has 3 unspecified atom stereocenters. The van der Waals surface area contributed by atoms with Crippen molar-refractivity contribution in [1.29, 1.82) is 5.26 Å². The van der Waals surface area contributed by atoms with Crippen molar-refractivity contribution >= 4 is 0 Å². The van der Waals surface area contributed by atoms with E-state index in [0.29, 0.717) is 6.04 Å². The highest BCUT2D eigenvalue weighted by molar-refractivity contribution is 4.81. The molecule has 0 radical (unpaired) electrons. The SMILES string of the molecule is CCC(C)CC(C)NCC(C)C#N. The molecule has 3 atom stereocenters. The van der Waals surface area contributed by atoms with Crippen LogP contribution >= 0.6 is 0 Å². The third kappa shape index (κ3) is 6.60. The van der Waals surface area contributed by atoms with Gasteiger partial charge in [0.25, 0.3) is 0 Å². The summed E-state index contributed by atoms with van der Waals surface area (Å²) in [6.07, 6.45) is 2.44. The molecule has 0 fully saturated rings. The van der Waals surface area contributed by atoms with E-state index in [9.17, 15) is 0 Å². The first-order chi connectivity index (χ1) is 6.10. The zero-order valence-electron chi connectivity index (χ0n) is 9.30. The normalized spacial score (nSPS) is 17.5. The Morgan fingerprint density at radius 2 is 1.92 bits per heavy atom. The summed E-state index contributed by atoms with van der Waals surface area (Å²) in [5.41, 5.74) is 0. The molecule has 13 heavy (non-hydrogen) atoms. The minimum absolute atomic E-state index is 0.124. The molecule has 1 N–H and O–H groups in total. The van der Waals surface area contributed by atoms with Gasteiger partial charge < -0.3 is 5.32 Å². The highest BCUT2D eigenvalue weighted by Crippen LogP contribution is 2.09. The molecule has 0 bridgehead atoms. The molecular formula is C11H22N2. The Morgan fingerprint density at radius 3 is 2.38 bits per heavy atom. The summed E-state index contributed by atoms with van der Waals surface area (Å²) in [5.74, 6) is 0.902. The summed E-state index contributed by atoms with van der Waals surface area (Å²) in [6, 6.07) is 2.76. The van der Waals surface area contributed by atoms with Crippen LogP contribution in [-0.2, 0) is 0 Å². The summed E-state index contributed by atoms with van der Waals surface area (Å²) in [6.45, 7) is 9.44. The van der Waals surface area contributed by atoms with E-state index in [2.05, 4.69) is 32.2 Å². The molecule has 76 valence electrons. The van der Waals surface area contributed by atoms with E-state index < -0.39 is 0 Å². The second kappa shape index (κ2) is 6.91. The number of nitrogens with one attached hydrogen (secondary N) is 1. The lowest BCUT2D eigenvalue weighted by molar-refractivity contribution is 0.403. The second-order valence-electron chi connectivity index (χ2n) is 4.09. The van der Waals surface area contributed by atoms with E-state index in [-0.39, 0.29) is 5.92 Å². The predicted octanol–water partition coefficient (Wildman–Crippen LogP) is 2.56. The van der Waals surface area contributed by atoms with Crippen LogP contribution in [0.1, 0.15) is 40.5 Å². The van der Waals surface area contributed by atoms with Gasteiger partial charge in [-0.25, -0.2) is 0 Å². The molecule has 0 aliphatic heterocycles. The molecule has 0 aliphatic carbocycles. The maximum atomic E-state index is 8.59. The van der Waals surface area contributed by atoms with Crippen LogP contribution in [0.2, 0.25) is 0 Å². The maximum absolute atomic E-state index is 8.59. The summed E-state index contributed by atoms with van der Waals surface area (Å²) in [7, 11) is 0. The van der Waals surface area contributed by atoms with Gasteiger partial charge in [-0.15, -0.1) is 0 Å². The number of nitriles is 1. The van der Waals surface area contributed by atoms with Gasteiger partial charge in [-0.3, -0.25) is 0 Å². The van der Waals surface area contributed by atoms with Crippen LogP contribution in [0.3, 0.4) is 0 Å². The Balaban J connectivity index is 3.52. The Labute approximate surface area is 82.3 Å². The number of hydrogen-bond donors (Lipinski definition) is 1. The highest BCUT2D eigenvalue weighted by atomic mass is 14.9. The number of rotatable bonds is 6. The molecule has 0 heterocycles. The standard InChI is InChI=1S/C11H22N2/c1-5-9(2)6-11(4)13-8-10(3)7-12/h9-11,13H,5-6,8H2,1-4H3. The van der Waals surface area contributed by atoms with E-state index >= 15 is 0 Å². The molecule has 0 aromatic heterocycles. The summed E-state index contributed by atoms with van der Waals surface area (Å²) in [5, 5.41) is 12.0. The van der Waals surface area contributed by atoms with Crippen LogP contribution in [0.4, 0.5) is 0 Å². The molecule has 0 aliphatic rings. The van der Waals surface area contributed by atoms with Crippen molar-refractivity contribution < 1.29 is 0 Å². The lowest BCUT2D eigenvalue weighted by atomic mass is 10.00. The minimum atomic E-state index is 0.124. The largest absolute Gasteiger partial charge is 0.313 e. The van der Waals surface area contributed by atoms with Gasteiger partial charge in [0.15, 0.2) is 0 Å². The van der Waals surface area contributed by atoms with Crippen molar-refractivity contribution in [3.63, 3.8) is 0 Å². The third-order valence-corrected chi connectivity index (χ3v) is 2.45. The van der Waals surface area contributed by atoms with E-state index in [1.807, 2.05) is 6.92 Å². The van der Waals surface area contributed by atoms with E-state index in [1.165, 1.54) is 12.8 Å². The van der Waals surface area contributed by atoms with Crippen LogP contribution in [0, 0.1) is 23.2 Å². The van der Waals surface area contributed by atoms with Gasteiger partial charge in [-0.1, -0.05) is 20.3 Å². The van der Waals surface area contributed by atoms with Crippen LogP contribution < -0.4 is 5.32 Å². The Kier molecular flexibility index (Phi) is 6.62. The molecule has 0 spiro atoms. The fraction of sp³-hybridized carbons (Fsp3) is 0.909. The smallest absolute Gasteiger partial charge is 0.0666 e. The minimum Gasteiger partial charge on any atom is -0.313 e. The molecule has 0 saturated heterocycles. The van der Waals surface area contributed by atoms with Crippen molar-refractivity contribution in [2.24, 2.45) is 11.8 Å². The first-order valence-electron chi connectivity index (χ1n) is 5.23. The number of nitrogens with zero attached hydrogens (tertiary/aromatic N) is 1. The second-order valence-corrected chi connectivity index (χ2v) is 4.09. The first-order valence-corrected chi connectivity index (χ1v) is 5.23. The average molecular weight is 182 g/mol. The van der Waals surface area contributed by atoms with Gasteiger partial charge in [0, 0.05) is 12.6 Å². The van der Waals surface area contributed by atoms with Crippen molar-refractivity contribution in [3.8, 4) is 6.07 Å². The zero-order chi connectivity index (χ0) is 10.3. The van der Waals surface area contributed by atoms with Crippen molar-refractivity contribution in [2.75, 3.05) is 6.54 Å². The topological polar surface area (TPSA) is 35.8 Å². The van der Waals surface area contributed by atoms with E-state index in [0.717, 1.165) is 12.5 Å². The van der Waals surface area contributed by atoms with Crippen LogP contribution in [0.15, 0.2) is 0 Å². The fourth-order valence-corrected chi connectivity index (χ4v) is 1.28. The molecule has 0 amide bonds. The van der Waals surface area contributed by atoms with Gasteiger partial charge >= 0.3 is 0 Å². The van der Waals surface area contributed by atoms with Gasteiger partial charge in [-0.05, 0) is 26.2 Å². The molecular weight excluding hydrogens is 160 g/mol. The third-order valence-electron chi connectivity index (χ3n) is 2.45. The average Bonchev–Trinajstić information content (AvgIpc) is 2.13. The van der Waals surface area contributed by atoms with Gasteiger partial charge in [0.1, 0.15) is 0 Å². The molecule has 0 aromatic rings. The maximum Gasteiger partial charge on any atom is 0.0666 e. The van der Waals surface area contributed by atoms with Crippen molar-refractivity contribution in [2.45, 2.75) is 46.6 Å². The zero-order valence-corrected chi connectivity index (χ0v) is 9.30. The molecule has 2 heteroatoms. The van der Waals surface area contributed by atoms with E-state index in [1.54, 1.807) is 0 Å². The quantitative estimate of drug-likeness (QED) is 0.685. The van der Waals surface area contributed by atoms with Crippen LogP contribution in [0.25, 0.3) is 0 Å². The Bertz CT molecular complexity index is 160. The molecule has 2 nitrogen and oxygen atoms in total. The lowest BCUT2D eigenvalue weighted by Gasteiger charge is -2.17. The molecule has 0 rings (SSSR count). The molecule has 0 saturated carbocycles. The van der Waals surface area contributed by atoms with Gasteiger partial charge in [-0.2, -0.15) is 5.26 Å². The Hall–Kier alpha value is -0.550. The van der Waals surface area contributed by atoms with Gasteiger partial charge in [0.05, 0.1) is 12.0 Å². The monoisotopic (exact) mass is 182 g/mol. The summed E-state index contributed by atoms with van der Waals surface area (Å²) >= 11 is 0. The predicted molar refractivity (Wildman–Crippen MR) is 56.3 cm³/mol. The Morgan fingerprint density at radius 1 is 1.31 bits per heavy atom. The fourth-order valence-electron chi connectivity index (χ4n) is 1.28. The lowest BCUT2D eigenvalue weighted by Crippen LogP contribution is -2.31. The van der Waals surface area contributed by atoms with Crippen LogP contribution in [0.5, 0.6) is 0 Å². The first kappa shape index (κ1) is 12.4. The summed E-state index contributed by atoms with van der Waals surface area (Å²) in [4.78, 5) is 0. The van der Waals surface area contributed by atoms with Crippen molar-refractivity contribution in [1.82, 2.24) is 5.32 Å². The van der Waals surface area contributed by atoms with Gasteiger partial charge in [0.2, 0.25) is 0 Å². The molecule has 0 aromatic carbocycles.